The van der Waals surface area contributed by atoms with Crippen LogP contribution >= 0.6 is 0 Å². The average Bonchev–Trinajstić information content (AvgIpc) is 2.69. The van der Waals surface area contributed by atoms with Gasteiger partial charge >= 0.3 is 0 Å². The first kappa shape index (κ1) is 11.9. The second kappa shape index (κ2) is 7.14. The first-order valence-corrected chi connectivity index (χ1v) is 5.05. The van der Waals surface area contributed by atoms with Gasteiger partial charge in [-0.25, -0.2) is 4.98 Å². The zero-order chi connectivity index (χ0) is 10.9. The molecule has 15 heavy (non-hydrogen) atoms. The first-order valence-electron chi connectivity index (χ1n) is 5.05. The molecular weight excluding hydrogens is 192 g/mol. The van der Waals surface area contributed by atoms with Gasteiger partial charge in [0, 0.05) is 20.2 Å². The Balaban J connectivity index is 2.23. The van der Waals surface area contributed by atoms with Gasteiger partial charge in [0.15, 0.2) is 5.82 Å². The van der Waals surface area contributed by atoms with Crippen molar-refractivity contribution in [1.29, 1.82) is 0 Å². The summed E-state index contributed by atoms with van der Waals surface area (Å²) in [6.45, 7) is 6.71. The van der Waals surface area contributed by atoms with Crippen molar-refractivity contribution >= 4 is 0 Å². The number of allylic oxidation sites excluding steroid dienone is 1. The Hall–Kier alpha value is -1.20. The topological polar surface area (TPSA) is 52.0 Å². The molecule has 84 valence electrons. The van der Waals surface area contributed by atoms with E-state index in [1.807, 2.05) is 10.8 Å². The summed E-state index contributed by atoms with van der Waals surface area (Å²) in [5.74, 6) is 0.815. The fraction of sp³-hybridized carbons (Fsp3) is 0.600. The molecule has 0 saturated carbocycles. The summed E-state index contributed by atoms with van der Waals surface area (Å²) in [5.41, 5.74) is 0. The molecule has 0 aromatic carbocycles. The monoisotopic (exact) mass is 210 g/mol. The Morgan fingerprint density at radius 1 is 1.67 bits per heavy atom. The minimum absolute atomic E-state index is 0.685. The van der Waals surface area contributed by atoms with Crippen molar-refractivity contribution < 1.29 is 4.74 Å². The molecule has 0 atom stereocenters. The fourth-order valence-corrected chi connectivity index (χ4v) is 1.12. The first-order chi connectivity index (χ1) is 7.36. The average molecular weight is 210 g/mol. The van der Waals surface area contributed by atoms with E-state index < -0.39 is 0 Å². The normalized spacial score (nSPS) is 10.5. The predicted octanol–water partition coefficient (Wildman–Crippen LogP) is 0.590. The molecule has 0 amide bonds. The summed E-state index contributed by atoms with van der Waals surface area (Å²) in [6, 6.07) is 0. The van der Waals surface area contributed by atoms with E-state index in [1.54, 1.807) is 13.4 Å². The number of hydrogen-bond donors (Lipinski definition) is 1. The van der Waals surface area contributed by atoms with Crippen LogP contribution in [0.3, 0.4) is 0 Å². The number of hydrogen-bond acceptors (Lipinski definition) is 4. The lowest BCUT2D eigenvalue weighted by Crippen LogP contribution is -2.19. The molecule has 1 N–H and O–H groups in total. The van der Waals surface area contributed by atoms with Gasteiger partial charge in [-0.05, 0) is 6.42 Å². The summed E-state index contributed by atoms with van der Waals surface area (Å²) in [7, 11) is 1.68. The van der Waals surface area contributed by atoms with Gasteiger partial charge in [0.05, 0.1) is 13.2 Å². The van der Waals surface area contributed by atoms with Crippen LogP contribution in [0.1, 0.15) is 12.2 Å². The Labute approximate surface area is 90.2 Å². The molecule has 0 aliphatic heterocycles. The molecule has 5 heteroatoms. The molecule has 0 spiro atoms. The van der Waals surface area contributed by atoms with Gasteiger partial charge in [-0.15, -0.1) is 6.58 Å². The van der Waals surface area contributed by atoms with Crippen LogP contribution in [-0.2, 0) is 17.8 Å². The van der Waals surface area contributed by atoms with Crippen LogP contribution in [0.4, 0.5) is 0 Å². The third kappa shape index (κ3) is 4.71. The zero-order valence-corrected chi connectivity index (χ0v) is 9.15. The lowest BCUT2D eigenvalue weighted by Gasteiger charge is -1.99. The SMILES string of the molecule is C=CCCn1cnc(CNCCOC)n1. The molecule has 0 fully saturated rings. The largest absolute Gasteiger partial charge is 0.383 e. The number of ether oxygens (including phenoxy) is 1. The van der Waals surface area contributed by atoms with Crippen LogP contribution in [0.2, 0.25) is 0 Å². The van der Waals surface area contributed by atoms with Crippen LogP contribution in [0, 0.1) is 0 Å². The van der Waals surface area contributed by atoms with E-state index in [-0.39, 0.29) is 0 Å². The maximum atomic E-state index is 4.92. The minimum Gasteiger partial charge on any atom is -0.383 e. The Kier molecular flexibility index (Phi) is 5.65. The molecule has 1 aromatic rings. The van der Waals surface area contributed by atoms with Crippen molar-refractivity contribution in [2.24, 2.45) is 0 Å². The summed E-state index contributed by atoms with van der Waals surface area (Å²) >= 11 is 0. The van der Waals surface area contributed by atoms with Crippen LogP contribution in [-0.4, -0.2) is 35.0 Å². The van der Waals surface area contributed by atoms with Gasteiger partial charge in [0.25, 0.3) is 0 Å². The molecule has 0 radical (unpaired) electrons. The highest BCUT2D eigenvalue weighted by molar-refractivity contribution is 4.81. The van der Waals surface area contributed by atoms with Gasteiger partial charge in [-0.1, -0.05) is 6.08 Å². The van der Waals surface area contributed by atoms with Crippen molar-refractivity contribution in [2.75, 3.05) is 20.3 Å². The molecule has 0 bridgehead atoms. The summed E-state index contributed by atoms with van der Waals surface area (Å²) in [4.78, 5) is 4.18. The second-order valence-electron chi connectivity index (χ2n) is 3.17. The number of aromatic nitrogens is 3. The number of nitrogens with zero attached hydrogens (tertiary/aromatic N) is 3. The van der Waals surface area contributed by atoms with E-state index in [0.29, 0.717) is 13.2 Å². The maximum absolute atomic E-state index is 4.92. The van der Waals surface area contributed by atoms with E-state index in [4.69, 9.17) is 4.74 Å². The van der Waals surface area contributed by atoms with Crippen molar-refractivity contribution in [3.63, 3.8) is 0 Å². The lowest BCUT2D eigenvalue weighted by atomic mass is 10.4. The van der Waals surface area contributed by atoms with Crippen LogP contribution in [0.15, 0.2) is 19.0 Å². The van der Waals surface area contributed by atoms with Crippen LogP contribution < -0.4 is 5.32 Å². The van der Waals surface area contributed by atoms with Gasteiger partial charge in [0.2, 0.25) is 0 Å². The molecule has 0 saturated heterocycles. The highest BCUT2D eigenvalue weighted by Gasteiger charge is 1.98. The van der Waals surface area contributed by atoms with Crippen molar-refractivity contribution in [2.45, 2.75) is 19.5 Å². The molecule has 0 aliphatic rings. The summed E-state index contributed by atoms with van der Waals surface area (Å²) < 4.78 is 6.75. The number of nitrogens with one attached hydrogen (secondary N) is 1. The molecule has 1 heterocycles. The summed E-state index contributed by atoms with van der Waals surface area (Å²) in [5, 5.41) is 7.49. The van der Waals surface area contributed by atoms with E-state index in [0.717, 1.165) is 25.3 Å². The number of methoxy groups -OCH3 is 1. The number of rotatable bonds is 8. The van der Waals surface area contributed by atoms with Crippen molar-refractivity contribution in [3.05, 3.63) is 24.8 Å². The second-order valence-corrected chi connectivity index (χ2v) is 3.17. The van der Waals surface area contributed by atoms with Crippen LogP contribution in [0.5, 0.6) is 0 Å². The third-order valence-electron chi connectivity index (χ3n) is 1.91. The quantitative estimate of drug-likeness (QED) is 0.504. The molecule has 5 nitrogen and oxygen atoms in total. The van der Waals surface area contributed by atoms with Gasteiger partial charge in [0.1, 0.15) is 6.33 Å². The van der Waals surface area contributed by atoms with E-state index >= 15 is 0 Å². The zero-order valence-electron chi connectivity index (χ0n) is 9.15. The van der Waals surface area contributed by atoms with Crippen molar-refractivity contribution in [1.82, 2.24) is 20.1 Å². The molecule has 1 rings (SSSR count). The van der Waals surface area contributed by atoms with E-state index in [9.17, 15) is 0 Å². The number of aryl methyl sites for hydroxylation is 1. The maximum Gasteiger partial charge on any atom is 0.164 e. The Morgan fingerprint density at radius 3 is 3.27 bits per heavy atom. The lowest BCUT2D eigenvalue weighted by molar-refractivity contribution is 0.199. The predicted molar refractivity (Wildman–Crippen MR) is 58.4 cm³/mol. The molecule has 0 unspecified atom stereocenters. The van der Waals surface area contributed by atoms with E-state index in [2.05, 4.69) is 22.0 Å². The Bertz CT molecular complexity index is 285. The standard InChI is InChI=1S/C10H18N4O/c1-3-4-6-14-9-12-10(13-14)8-11-5-7-15-2/h3,9,11H,1,4-8H2,2H3. The summed E-state index contributed by atoms with van der Waals surface area (Å²) in [6.07, 6.45) is 4.54. The van der Waals surface area contributed by atoms with E-state index in [1.165, 1.54) is 0 Å². The Morgan fingerprint density at radius 2 is 2.53 bits per heavy atom. The highest BCUT2D eigenvalue weighted by atomic mass is 16.5. The van der Waals surface area contributed by atoms with Gasteiger partial charge < -0.3 is 10.1 Å². The van der Waals surface area contributed by atoms with Gasteiger partial charge in [-0.3, -0.25) is 4.68 Å². The molecular formula is C10H18N4O. The van der Waals surface area contributed by atoms with Crippen molar-refractivity contribution in [3.8, 4) is 0 Å². The molecule has 0 aliphatic carbocycles. The van der Waals surface area contributed by atoms with Gasteiger partial charge in [-0.2, -0.15) is 5.10 Å². The fourth-order valence-electron chi connectivity index (χ4n) is 1.12. The smallest absolute Gasteiger partial charge is 0.164 e. The highest BCUT2D eigenvalue weighted by Crippen LogP contribution is 1.92. The minimum atomic E-state index is 0.685. The third-order valence-corrected chi connectivity index (χ3v) is 1.91. The molecule has 1 aromatic heterocycles. The van der Waals surface area contributed by atoms with Crippen LogP contribution in [0.25, 0.3) is 0 Å².